The molecule has 1 saturated carbocycles. The third-order valence-electron chi connectivity index (χ3n) is 4.48. The largest absolute Gasteiger partial charge is 0.330 e. The van der Waals surface area contributed by atoms with Crippen molar-refractivity contribution in [3.05, 3.63) is 30.1 Å². The van der Waals surface area contributed by atoms with Gasteiger partial charge in [0.2, 0.25) is 0 Å². The highest BCUT2D eigenvalue weighted by Crippen LogP contribution is 2.31. The predicted octanol–water partition coefficient (Wildman–Crippen LogP) is 3.90. The number of aromatic nitrogens is 2. The molecule has 1 heterocycles. The van der Waals surface area contributed by atoms with Crippen LogP contribution in [-0.4, -0.2) is 26.6 Å². The third kappa shape index (κ3) is 3.11. The second-order valence-corrected chi connectivity index (χ2v) is 7.57. The van der Waals surface area contributed by atoms with Crippen LogP contribution in [0.4, 0.5) is 0 Å². The number of imidazole rings is 1. The molecule has 4 heteroatoms. The summed E-state index contributed by atoms with van der Waals surface area (Å²) in [4.78, 5) is 4.80. The van der Waals surface area contributed by atoms with Crippen LogP contribution in [0.25, 0.3) is 11.0 Å². The van der Waals surface area contributed by atoms with Crippen molar-refractivity contribution in [3.8, 4) is 0 Å². The maximum atomic E-state index is 4.80. The number of benzene rings is 1. The molecule has 21 heavy (non-hydrogen) atoms. The zero-order valence-electron chi connectivity index (χ0n) is 13.2. The van der Waals surface area contributed by atoms with Crippen LogP contribution in [-0.2, 0) is 7.05 Å². The van der Waals surface area contributed by atoms with Gasteiger partial charge in [-0.2, -0.15) is 11.8 Å². The van der Waals surface area contributed by atoms with Crippen LogP contribution >= 0.6 is 11.8 Å². The molecule has 0 saturated heterocycles. The summed E-state index contributed by atoms with van der Waals surface area (Å²) in [6.07, 6.45) is 3.95. The van der Waals surface area contributed by atoms with Gasteiger partial charge in [-0.3, -0.25) is 0 Å². The lowest BCUT2D eigenvalue weighted by Crippen LogP contribution is -2.31. The highest BCUT2D eigenvalue weighted by Gasteiger charge is 2.26. The van der Waals surface area contributed by atoms with Crippen LogP contribution in [0.3, 0.4) is 0 Å². The molecule has 3 atom stereocenters. The van der Waals surface area contributed by atoms with Gasteiger partial charge in [-0.15, -0.1) is 0 Å². The first kappa shape index (κ1) is 14.9. The van der Waals surface area contributed by atoms with E-state index < -0.39 is 0 Å². The van der Waals surface area contributed by atoms with Crippen LogP contribution in [0.5, 0.6) is 0 Å². The van der Waals surface area contributed by atoms with E-state index in [1.165, 1.54) is 30.5 Å². The molecular formula is C17H25N3S. The fourth-order valence-corrected chi connectivity index (χ4v) is 4.60. The van der Waals surface area contributed by atoms with Crippen LogP contribution < -0.4 is 5.32 Å². The number of hydrogen-bond donors (Lipinski definition) is 1. The summed E-state index contributed by atoms with van der Waals surface area (Å²) in [5.74, 6) is 2.38. The van der Waals surface area contributed by atoms with Gasteiger partial charge in [-0.05, 0) is 44.1 Å². The molecule has 3 unspecified atom stereocenters. The molecule has 1 aliphatic carbocycles. The number of rotatable bonds is 5. The molecule has 1 aromatic carbocycles. The van der Waals surface area contributed by atoms with E-state index in [9.17, 15) is 0 Å². The Hall–Kier alpha value is -1.00. The monoisotopic (exact) mass is 303 g/mol. The fourth-order valence-electron chi connectivity index (χ4n) is 3.46. The second kappa shape index (κ2) is 6.41. The number of nitrogens with one attached hydrogen (secondary N) is 1. The molecule has 114 valence electrons. The van der Waals surface area contributed by atoms with Gasteiger partial charge < -0.3 is 9.88 Å². The molecule has 0 bridgehead atoms. The van der Waals surface area contributed by atoms with E-state index in [0.29, 0.717) is 12.1 Å². The van der Waals surface area contributed by atoms with E-state index in [0.717, 1.165) is 16.6 Å². The van der Waals surface area contributed by atoms with Gasteiger partial charge in [0.25, 0.3) is 0 Å². The summed E-state index contributed by atoms with van der Waals surface area (Å²) in [6.45, 7) is 4.50. The van der Waals surface area contributed by atoms with Gasteiger partial charge in [-0.1, -0.05) is 19.1 Å². The van der Waals surface area contributed by atoms with Gasteiger partial charge in [-0.25, -0.2) is 4.98 Å². The average molecular weight is 303 g/mol. The molecule has 2 aromatic rings. The van der Waals surface area contributed by atoms with Gasteiger partial charge in [0, 0.05) is 18.3 Å². The topological polar surface area (TPSA) is 29.9 Å². The first-order chi connectivity index (χ1) is 10.2. The molecule has 1 aliphatic rings. The molecule has 1 fully saturated rings. The Morgan fingerprint density at radius 3 is 2.95 bits per heavy atom. The van der Waals surface area contributed by atoms with Crippen molar-refractivity contribution < 1.29 is 0 Å². The van der Waals surface area contributed by atoms with Crippen molar-refractivity contribution in [1.82, 2.24) is 14.9 Å². The molecule has 0 spiro atoms. The number of fused-ring (bicyclic) bond motifs is 1. The first-order valence-electron chi connectivity index (χ1n) is 7.98. The van der Waals surface area contributed by atoms with E-state index in [1.807, 2.05) is 0 Å². The molecule has 0 amide bonds. The Morgan fingerprint density at radius 2 is 2.19 bits per heavy atom. The Balaban J connectivity index is 1.70. The summed E-state index contributed by atoms with van der Waals surface area (Å²) in [5.41, 5.74) is 2.31. The molecule has 3 rings (SSSR count). The molecule has 0 radical (unpaired) electrons. The highest BCUT2D eigenvalue weighted by molar-refractivity contribution is 7.99. The molecular weight excluding hydrogens is 278 g/mol. The number of hydrogen-bond acceptors (Lipinski definition) is 3. The van der Waals surface area contributed by atoms with Crippen molar-refractivity contribution in [2.75, 3.05) is 5.75 Å². The second-order valence-electron chi connectivity index (χ2n) is 5.99. The normalized spacial score (nSPS) is 23.8. The standard InChI is InChI=1S/C17H25N3S/c1-4-21-14-10-9-13(11-14)18-12(2)17-19-15-7-5-6-8-16(15)20(17)3/h5-8,12-14,18H,4,9-11H2,1-3H3. The Morgan fingerprint density at radius 1 is 1.38 bits per heavy atom. The zero-order chi connectivity index (χ0) is 14.8. The Labute approximate surface area is 131 Å². The third-order valence-corrected chi connectivity index (χ3v) is 5.71. The van der Waals surface area contributed by atoms with Crippen molar-refractivity contribution in [1.29, 1.82) is 0 Å². The van der Waals surface area contributed by atoms with Crippen LogP contribution in [0.1, 0.15) is 45.0 Å². The van der Waals surface area contributed by atoms with Crippen LogP contribution in [0, 0.1) is 0 Å². The van der Waals surface area contributed by atoms with E-state index in [4.69, 9.17) is 4.98 Å². The zero-order valence-corrected chi connectivity index (χ0v) is 14.0. The molecule has 3 nitrogen and oxygen atoms in total. The number of thioether (sulfide) groups is 1. The Bertz CT molecular complexity index is 607. The maximum Gasteiger partial charge on any atom is 0.126 e. The summed E-state index contributed by atoms with van der Waals surface area (Å²) < 4.78 is 2.22. The van der Waals surface area contributed by atoms with Crippen LogP contribution in [0.2, 0.25) is 0 Å². The highest BCUT2D eigenvalue weighted by atomic mass is 32.2. The smallest absolute Gasteiger partial charge is 0.126 e. The maximum absolute atomic E-state index is 4.80. The van der Waals surface area contributed by atoms with E-state index >= 15 is 0 Å². The van der Waals surface area contributed by atoms with Crippen LogP contribution in [0.15, 0.2) is 24.3 Å². The van der Waals surface area contributed by atoms with E-state index in [1.54, 1.807) is 0 Å². The molecule has 1 aromatic heterocycles. The number of nitrogens with zero attached hydrogens (tertiary/aromatic N) is 2. The summed E-state index contributed by atoms with van der Waals surface area (Å²) in [7, 11) is 2.12. The SMILES string of the molecule is CCSC1CCC(NC(C)c2nc3ccccc3n2C)C1. The number of para-hydroxylation sites is 2. The lowest BCUT2D eigenvalue weighted by Gasteiger charge is -2.19. The lowest BCUT2D eigenvalue weighted by atomic mass is 10.2. The fraction of sp³-hybridized carbons (Fsp3) is 0.588. The first-order valence-corrected chi connectivity index (χ1v) is 9.03. The van der Waals surface area contributed by atoms with Gasteiger partial charge in [0.1, 0.15) is 5.82 Å². The quantitative estimate of drug-likeness (QED) is 0.908. The van der Waals surface area contributed by atoms with Crippen molar-refractivity contribution in [3.63, 3.8) is 0 Å². The van der Waals surface area contributed by atoms with Gasteiger partial charge in [0.15, 0.2) is 0 Å². The van der Waals surface area contributed by atoms with Gasteiger partial charge >= 0.3 is 0 Å². The van der Waals surface area contributed by atoms with Crippen molar-refractivity contribution >= 4 is 22.8 Å². The minimum atomic E-state index is 0.303. The average Bonchev–Trinajstić information content (AvgIpc) is 3.05. The minimum absolute atomic E-state index is 0.303. The van der Waals surface area contributed by atoms with E-state index in [2.05, 4.69) is 66.8 Å². The number of aryl methyl sites for hydroxylation is 1. The molecule has 1 N–H and O–H groups in total. The predicted molar refractivity (Wildman–Crippen MR) is 91.8 cm³/mol. The van der Waals surface area contributed by atoms with Crippen molar-refractivity contribution in [2.45, 2.75) is 50.4 Å². The Kier molecular flexibility index (Phi) is 4.55. The summed E-state index contributed by atoms with van der Waals surface area (Å²) in [5, 5.41) is 4.64. The molecule has 0 aliphatic heterocycles. The summed E-state index contributed by atoms with van der Waals surface area (Å²) >= 11 is 2.11. The lowest BCUT2D eigenvalue weighted by molar-refractivity contribution is 0.442. The van der Waals surface area contributed by atoms with Crippen molar-refractivity contribution in [2.24, 2.45) is 7.05 Å². The van der Waals surface area contributed by atoms with Gasteiger partial charge in [0.05, 0.1) is 17.1 Å². The summed E-state index contributed by atoms with van der Waals surface area (Å²) in [6, 6.07) is 9.31. The minimum Gasteiger partial charge on any atom is -0.330 e. The van der Waals surface area contributed by atoms with E-state index in [-0.39, 0.29) is 0 Å².